The van der Waals surface area contributed by atoms with Crippen LogP contribution in [0.5, 0.6) is 5.75 Å². The lowest BCUT2D eigenvalue weighted by atomic mass is 9.85. The van der Waals surface area contributed by atoms with E-state index in [0.29, 0.717) is 37.8 Å². The van der Waals surface area contributed by atoms with Crippen LogP contribution in [0.25, 0.3) is 10.4 Å². The van der Waals surface area contributed by atoms with Gasteiger partial charge in [-0.15, -0.1) is 11.3 Å². The van der Waals surface area contributed by atoms with Crippen LogP contribution in [0.1, 0.15) is 123 Å². The second-order valence-electron chi connectivity index (χ2n) is 22.3. The predicted octanol–water partition coefficient (Wildman–Crippen LogP) is 4.41. The quantitative estimate of drug-likeness (QED) is 0.0860. The number of aryl methyl sites for hydroxylation is 2. The number of carbonyl (C=O) groups is 8. The van der Waals surface area contributed by atoms with Gasteiger partial charge in [0, 0.05) is 51.9 Å². The molecule has 3 aliphatic heterocycles. The van der Waals surface area contributed by atoms with Crippen LogP contribution in [-0.4, -0.2) is 146 Å². The van der Waals surface area contributed by atoms with Crippen LogP contribution in [0.15, 0.2) is 48.0 Å². The Morgan fingerprint density at radius 1 is 0.922 bits per heavy atom. The Bertz CT molecular complexity index is 2620. The number of hydrogen-bond acceptors (Lipinski definition) is 13. The molecule has 3 saturated heterocycles. The number of ether oxygens (including phenoxy) is 2. The number of alkyl carbamates (subject to hydrolysis) is 1. The van der Waals surface area contributed by atoms with Crippen molar-refractivity contribution in [3.63, 3.8) is 0 Å². The van der Waals surface area contributed by atoms with Crippen molar-refractivity contribution in [2.45, 2.75) is 174 Å². The molecule has 7 atom stereocenters. The van der Waals surface area contributed by atoms with Gasteiger partial charge in [0.15, 0.2) is 11.6 Å². The van der Waals surface area contributed by atoms with Crippen LogP contribution in [-0.2, 0) is 51.3 Å². The van der Waals surface area contributed by atoms with E-state index in [1.54, 1.807) is 70.5 Å². The number of aliphatic hydroxyl groups excluding tert-OH is 1. The molecule has 2 aromatic carbocycles. The van der Waals surface area contributed by atoms with Crippen molar-refractivity contribution < 1.29 is 57.3 Å². The van der Waals surface area contributed by atoms with Gasteiger partial charge in [-0.05, 0) is 101 Å². The minimum absolute atomic E-state index is 0.0232. The summed E-state index contributed by atoms with van der Waals surface area (Å²) in [6, 6.07) is 7.06. The Kier molecular flexibility index (Phi) is 20.2. The normalized spacial score (nSPS) is 20.5. The number of aliphatic hydroxyl groups is 1. The summed E-state index contributed by atoms with van der Waals surface area (Å²) in [6.07, 6.45) is 0.341. The second-order valence-corrected chi connectivity index (χ2v) is 23.2. The third-order valence-electron chi connectivity index (χ3n) is 14.0. The van der Waals surface area contributed by atoms with Gasteiger partial charge in [0.25, 0.3) is 0 Å². The fourth-order valence-electron chi connectivity index (χ4n) is 9.95. The predicted molar refractivity (Wildman–Crippen MR) is 285 cm³/mol. The van der Waals surface area contributed by atoms with Crippen molar-refractivity contribution in [3.8, 4) is 16.2 Å². The smallest absolute Gasteiger partial charge is 0.408 e. The molecular weight excluding hydrogens is 1010 g/mol. The second kappa shape index (κ2) is 26.1. The van der Waals surface area contributed by atoms with E-state index in [1.807, 2.05) is 31.2 Å². The van der Waals surface area contributed by atoms with Crippen molar-refractivity contribution in [2.75, 3.05) is 26.2 Å². The molecule has 20 nitrogen and oxygen atoms in total. The molecule has 1 aromatic heterocycles. The summed E-state index contributed by atoms with van der Waals surface area (Å²) in [6.45, 7) is 13.8. The number of nitrogens with zero attached hydrogens (tertiary/aromatic N) is 4. The lowest BCUT2D eigenvalue weighted by molar-refractivity contribution is -0.145. The highest BCUT2D eigenvalue weighted by atomic mass is 32.1. The van der Waals surface area contributed by atoms with Crippen LogP contribution < -0.4 is 31.7 Å². The number of benzene rings is 2. The Morgan fingerprint density at radius 3 is 2.30 bits per heavy atom. The zero-order valence-corrected chi connectivity index (χ0v) is 46.3. The third kappa shape index (κ3) is 16.4. The zero-order chi connectivity index (χ0) is 56.4. The van der Waals surface area contributed by atoms with E-state index < -0.39 is 101 Å². The molecular formula is C55H76FN9O11S. The number of thiazole rings is 1. The molecule has 8 amide bonds. The maximum absolute atomic E-state index is 16.0. The molecule has 6 rings (SSSR count). The minimum atomic E-state index is -1.20. The molecule has 7 N–H and O–H groups in total. The third-order valence-corrected chi connectivity index (χ3v) is 15.0. The van der Waals surface area contributed by atoms with E-state index in [1.165, 1.54) is 27.7 Å². The first-order valence-electron chi connectivity index (χ1n) is 26.4. The summed E-state index contributed by atoms with van der Waals surface area (Å²) in [4.78, 5) is 116. The fraction of sp³-hybridized carbons (Fsp3) is 0.582. The van der Waals surface area contributed by atoms with Gasteiger partial charge in [-0.3, -0.25) is 33.6 Å². The molecule has 0 unspecified atom stereocenters. The van der Waals surface area contributed by atoms with E-state index in [0.717, 1.165) is 21.7 Å². The topological polar surface area (TPSA) is 272 Å². The highest BCUT2D eigenvalue weighted by molar-refractivity contribution is 7.13. The molecule has 77 heavy (non-hydrogen) atoms. The molecule has 3 aliphatic rings. The van der Waals surface area contributed by atoms with Crippen LogP contribution in [0.4, 0.5) is 9.18 Å². The molecule has 22 heteroatoms. The molecule has 420 valence electrons. The lowest BCUT2D eigenvalue weighted by Crippen LogP contribution is -2.61. The number of aromatic nitrogens is 1. The van der Waals surface area contributed by atoms with E-state index in [2.05, 4.69) is 26.3 Å². The molecule has 0 aliphatic carbocycles. The number of halogens is 1. The van der Waals surface area contributed by atoms with Gasteiger partial charge in [0.2, 0.25) is 41.4 Å². The van der Waals surface area contributed by atoms with Gasteiger partial charge in [0.05, 0.1) is 34.8 Å². The van der Waals surface area contributed by atoms with Gasteiger partial charge in [-0.1, -0.05) is 57.2 Å². The number of unbranched alkanes of at least 4 members (excludes halogenated alkanes) is 1. The molecule has 0 saturated carbocycles. The number of primary amides is 1. The first kappa shape index (κ1) is 59.6. The van der Waals surface area contributed by atoms with Crippen LogP contribution in [0.2, 0.25) is 0 Å². The van der Waals surface area contributed by atoms with Crippen molar-refractivity contribution >= 4 is 58.8 Å². The first-order valence-corrected chi connectivity index (χ1v) is 27.3. The highest BCUT2D eigenvalue weighted by Gasteiger charge is 2.47. The molecule has 0 bridgehead atoms. The number of hydrogen-bond donors (Lipinski definition) is 6. The Balaban J connectivity index is 1.01. The van der Waals surface area contributed by atoms with Gasteiger partial charge >= 0.3 is 6.09 Å². The summed E-state index contributed by atoms with van der Waals surface area (Å²) < 4.78 is 27.4. The van der Waals surface area contributed by atoms with Crippen LogP contribution >= 0.6 is 11.3 Å². The van der Waals surface area contributed by atoms with Gasteiger partial charge in [-0.2, -0.15) is 0 Å². The average molecular weight is 1090 g/mol. The monoisotopic (exact) mass is 1090 g/mol. The van der Waals surface area contributed by atoms with Gasteiger partial charge < -0.3 is 56.3 Å². The number of rotatable bonds is 20. The summed E-state index contributed by atoms with van der Waals surface area (Å²) >= 11 is 1.55. The summed E-state index contributed by atoms with van der Waals surface area (Å²) in [5.41, 5.74) is 8.78. The first-order chi connectivity index (χ1) is 36.3. The lowest BCUT2D eigenvalue weighted by Gasteiger charge is -2.38. The van der Waals surface area contributed by atoms with Gasteiger partial charge in [-0.25, -0.2) is 14.2 Å². The summed E-state index contributed by atoms with van der Waals surface area (Å²) in [7, 11) is 0. The Hall–Kier alpha value is -6.68. The molecule has 0 spiro atoms. The Morgan fingerprint density at radius 2 is 1.65 bits per heavy atom. The van der Waals surface area contributed by atoms with Gasteiger partial charge in [0.1, 0.15) is 36.4 Å². The van der Waals surface area contributed by atoms with Crippen molar-refractivity contribution in [1.29, 1.82) is 0 Å². The SMILES string of the molecule is CC(=O)N1CC[C@H]2CC[C@@H](C(=O)N[C@@H](CCC(N)=O)COc3cccc(CCCCC(=O)N[C@H](C(=O)N4C[C@H](O)C[C@H]4C(=O)NCc4ccc(-c5scnc5C)cc4)C(C)(C)C)c3F)N2C(=O)[C@@H](NC(=O)OC(C)(C)C)C1. The maximum Gasteiger partial charge on any atom is 0.408 e. The standard InChI is InChI=1S/C55H76FN9O11S/c1-32-47(77-31-59-32)36-18-16-34(17-19-36)27-58-49(70)42-26-39(67)28-64(42)52(73)48(54(3,4)5)62-45(69)15-10-9-12-35-13-11-14-43(46(35)56)75-30-37(20-23-44(57)68)60-50(71)41-22-21-38-24-25-63(33(2)66)29-40(51(72)65(38)41)61-53(74)76-55(6,7)8/h11,13-14,16-19,31,37-42,48,67H,9-10,12,15,20-30H2,1-8H3,(H2,57,68)(H,58,70)(H,60,71)(H,61,74)(H,62,69)/t37-,38+,39+,40-,41-,42-,48+/m0/s1. The number of likely N-dealkylation sites (tertiary alicyclic amines) is 1. The number of amides is 8. The number of fused-ring (bicyclic) bond motifs is 1. The molecule has 4 heterocycles. The fourth-order valence-corrected chi connectivity index (χ4v) is 10.8. The average Bonchev–Trinajstić information content (AvgIpc) is 4.10. The number of β-amino-alcohol motifs (C(OH)–C–C–N with tert-alkyl or cyclic N) is 1. The Labute approximate surface area is 453 Å². The highest BCUT2D eigenvalue weighted by Crippen LogP contribution is 2.32. The molecule has 3 fully saturated rings. The molecule has 0 radical (unpaired) electrons. The van der Waals surface area contributed by atoms with E-state index in [-0.39, 0.29) is 76.4 Å². The van der Waals surface area contributed by atoms with E-state index in [4.69, 9.17) is 15.2 Å². The van der Waals surface area contributed by atoms with E-state index in [9.17, 15) is 43.5 Å². The minimum Gasteiger partial charge on any atom is -0.488 e. The number of nitrogens with two attached hydrogens (primary N) is 1. The van der Waals surface area contributed by atoms with Crippen molar-refractivity contribution in [3.05, 3.63) is 70.6 Å². The van der Waals surface area contributed by atoms with Crippen LogP contribution in [0, 0.1) is 18.2 Å². The number of carbonyl (C=O) groups excluding carboxylic acids is 8. The largest absolute Gasteiger partial charge is 0.488 e. The van der Waals surface area contributed by atoms with Crippen LogP contribution in [0.3, 0.4) is 0 Å². The van der Waals surface area contributed by atoms with Crippen molar-refractivity contribution in [1.82, 2.24) is 41.0 Å². The van der Waals surface area contributed by atoms with E-state index >= 15 is 4.39 Å². The summed E-state index contributed by atoms with van der Waals surface area (Å²) in [5, 5.41) is 21.9. The number of nitrogens with one attached hydrogen (secondary N) is 4. The molecule has 3 aromatic rings. The summed E-state index contributed by atoms with van der Waals surface area (Å²) in [5.74, 6) is -4.03. The maximum atomic E-state index is 16.0. The zero-order valence-electron chi connectivity index (χ0n) is 45.4. The van der Waals surface area contributed by atoms with Crippen molar-refractivity contribution in [2.24, 2.45) is 11.1 Å².